The van der Waals surface area contributed by atoms with Crippen molar-refractivity contribution >= 4 is 46.6 Å². The van der Waals surface area contributed by atoms with Crippen molar-refractivity contribution in [2.24, 2.45) is 5.92 Å². The third kappa shape index (κ3) is 7.83. The average Bonchev–Trinajstić information content (AvgIpc) is 2.62. The molecule has 0 aliphatic carbocycles. The predicted molar refractivity (Wildman–Crippen MR) is 114 cm³/mol. The van der Waals surface area contributed by atoms with Gasteiger partial charge >= 0.3 is 0 Å². The maximum Gasteiger partial charge on any atom is 0.250 e. The quantitative estimate of drug-likeness (QED) is 0.518. The summed E-state index contributed by atoms with van der Waals surface area (Å²) in [6, 6.07) is 16.6. The summed E-state index contributed by atoms with van der Waals surface area (Å²) in [6.45, 7) is 3.99. The highest BCUT2D eigenvalue weighted by Gasteiger charge is 2.06. The van der Waals surface area contributed by atoms with E-state index in [0.717, 1.165) is 5.56 Å². The average molecular weight is 382 g/mol. The molecule has 2 aromatic rings. The van der Waals surface area contributed by atoms with Gasteiger partial charge in [-0.05, 0) is 54.0 Å². The minimum atomic E-state index is -0.311. The molecule has 27 heavy (non-hydrogen) atoms. The van der Waals surface area contributed by atoms with Crippen molar-refractivity contribution in [3.8, 4) is 0 Å². The number of anilines is 2. The van der Waals surface area contributed by atoms with Crippen LogP contribution in [0, 0.1) is 5.92 Å². The van der Waals surface area contributed by atoms with Gasteiger partial charge in [0.1, 0.15) is 0 Å². The lowest BCUT2D eigenvalue weighted by atomic mass is 10.1. The van der Waals surface area contributed by atoms with Crippen molar-refractivity contribution in [3.63, 3.8) is 0 Å². The van der Waals surface area contributed by atoms with Gasteiger partial charge in [-0.2, -0.15) is 0 Å². The summed E-state index contributed by atoms with van der Waals surface area (Å²) in [5, 5.41) is 8.57. The van der Waals surface area contributed by atoms with Crippen LogP contribution >= 0.6 is 12.2 Å². The van der Waals surface area contributed by atoms with Crippen LogP contribution in [0.5, 0.6) is 0 Å². The molecule has 0 aromatic heterocycles. The number of benzene rings is 2. The Morgan fingerprint density at radius 3 is 2.15 bits per heavy atom. The SMILES string of the molecule is CC(C)CC(=O)Nc1ccc(NC(=S)NC(=O)/C=C/c2ccccc2)cc1. The van der Waals surface area contributed by atoms with Gasteiger partial charge in [-0.25, -0.2) is 0 Å². The smallest absolute Gasteiger partial charge is 0.250 e. The topological polar surface area (TPSA) is 70.2 Å². The van der Waals surface area contributed by atoms with Gasteiger partial charge in [-0.3, -0.25) is 14.9 Å². The number of hydrogen-bond acceptors (Lipinski definition) is 3. The second kappa shape index (κ2) is 10.2. The van der Waals surface area contributed by atoms with Crippen LogP contribution in [0.2, 0.25) is 0 Å². The summed E-state index contributed by atoms with van der Waals surface area (Å²) in [5.74, 6) is -0.0181. The Hall–Kier alpha value is -2.99. The van der Waals surface area contributed by atoms with Crippen molar-refractivity contribution in [2.75, 3.05) is 10.6 Å². The van der Waals surface area contributed by atoms with Crippen LogP contribution in [-0.4, -0.2) is 16.9 Å². The highest BCUT2D eigenvalue weighted by molar-refractivity contribution is 7.80. The molecular weight excluding hydrogens is 358 g/mol. The molecule has 3 N–H and O–H groups in total. The molecule has 0 saturated heterocycles. The summed E-state index contributed by atoms with van der Waals surface area (Å²) >= 11 is 5.15. The number of thiocarbonyl (C=S) groups is 1. The van der Waals surface area contributed by atoms with E-state index in [4.69, 9.17) is 12.2 Å². The summed E-state index contributed by atoms with van der Waals surface area (Å²) in [6.07, 6.45) is 3.62. The van der Waals surface area contributed by atoms with E-state index in [9.17, 15) is 9.59 Å². The molecule has 6 heteroatoms. The van der Waals surface area contributed by atoms with E-state index < -0.39 is 0 Å². The van der Waals surface area contributed by atoms with Crippen LogP contribution in [0.3, 0.4) is 0 Å². The monoisotopic (exact) mass is 381 g/mol. The van der Waals surface area contributed by atoms with Crippen LogP contribution in [0.15, 0.2) is 60.7 Å². The zero-order valence-corrected chi connectivity index (χ0v) is 16.2. The van der Waals surface area contributed by atoms with Gasteiger partial charge in [0.15, 0.2) is 5.11 Å². The second-order valence-electron chi connectivity index (χ2n) is 6.41. The summed E-state index contributed by atoms with van der Waals surface area (Å²) in [7, 11) is 0. The van der Waals surface area contributed by atoms with Crippen molar-refractivity contribution in [1.29, 1.82) is 0 Å². The Labute approximate surface area is 164 Å². The van der Waals surface area contributed by atoms with E-state index in [2.05, 4.69) is 16.0 Å². The molecule has 2 rings (SSSR count). The number of amides is 2. The predicted octanol–water partition coefficient (Wildman–Crippen LogP) is 4.20. The third-order valence-electron chi connectivity index (χ3n) is 3.48. The third-order valence-corrected chi connectivity index (χ3v) is 3.69. The fourth-order valence-corrected chi connectivity index (χ4v) is 2.49. The van der Waals surface area contributed by atoms with Crippen LogP contribution in [0.4, 0.5) is 11.4 Å². The van der Waals surface area contributed by atoms with E-state index in [1.807, 2.05) is 44.2 Å². The highest BCUT2D eigenvalue weighted by atomic mass is 32.1. The molecule has 0 unspecified atom stereocenters. The molecule has 0 aliphatic heterocycles. The van der Waals surface area contributed by atoms with Crippen LogP contribution < -0.4 is 16.0 Å². The molecule has 0 saturated carbocycles. The molecule has 0 spiro atoms. The Bertz CT molecular complexity index is 815. The number of carbonyl (C=O) groups excluding carboxylic acids is 2. The molecule has 140 valence electrons. The Balaban J connectivity index is 1.82. The number of nitrogens with one attached hydrogen (secondary N) is 3. The Morgan fingerprint density at radius 2 is 1.56 bits per heavy atom. The zero-order valence-electron chi connectivity index (χ0n) is 15.4. The van der Waals surface area contributed by atoms with E-state index in [0.29, 0.717) is 23.7 Å². The van der Waals surface area contributed by atoms with Crippen molar-refractivity contribution < 1.29 is 9.59 Å². The van der Waals surface area contributed by atoms with E-state index in [-0.39, 0.29) is 16.9 Å². The molecule has 0 radical (unpaired) electrons. The first-order chi connectivity index (χ1) is 12.9. The zero-order chi connectivity index (χ0) is 19.6. The first-order valence-electron chi connectivity index (χ1n) is 8.67. The van der Waals surface area contributed by atoms with Gasteiger partial charge in [-0.15, -0.1) is 0 Å². The van der Waals surface area contributed by atoms with Crippen LogP contribution in [0.1, 0.15) is 25.8 Å². The summed E-state index contributed by atoms with van der Waals surface area (Å²) < 4.78 is 0. The van der Waals surface area contributed by atoms with Crippen molar-refractivity contribution in [1.82, 2.24) is 5.32 Å². The Kier molecular flexibility index (Phi) is 7.70. The largest absolute Gasteiger partial charge is 0.332 e. The first-order valence-corrected chi connectivity index (χ1v) is 9.08. The molecule has 5 nitrogen and oxygen atoms in total. The van der Waals surface area contributed by atoms with E-state index >= 15 is 0 Å². The lowest BCUT2D eigenvalue weighted by Crippen LogP contribution is -2.32. The summed E-state index contributed by atoms with van der Waals surface area (Å²) in [5.41, 5.74) is 2.36. The normalized spacial score (nSPS) is 10.6. The standard InChI is InChI=1S/C21H23N3O2S/c1-15(2)14-20(26)22-17-9-11-18(12-10-17)23-21(27)24-19(25)13-8-16-6-4-3-5-7-16/h3-13,15H,14H2,1-2H3,(H,22,26)(H2,23,24,25,27)/b13-8+. The lowest BCUT2D eigenvalue weighted by Gasteiger charge is -2.10. The van der Waals surface area contributed by atoms with Gasteiger partial charge in [0.25, 0.3) is 0 Å². The number of rotatable bonds is 6. The van der Waals surface area contributed by atoms with E-state index in [1.165, 1.54) is 6.08 Å². The van der Waals surface area contributed by atoms with Gasteiger partial charge in [0, 0.05) is 23.9 Å². The lowest BCUT2D eigenvalue weighted by molar-refractivity contribution is -0.117. The molecule has 0 bridgehead atoms. The molecule has 0 heterocycles. The first kappa shape index (κ1) is 20.3. The maximum atomic E-state index is 11.9. The Morgan fingerprint density at radius 1 is 0.963 bits per heavy atom. The van der Waals surface area contributed by atoms with Gasteiger partial charge in [0.05, 0.1) is 0 Å². The maximum absolute atomic E-state index is 11.9. The van der Waals surface area contributed by atoms with Gasteiger partial charge < -0.3 is 10.6 Å². The summed E-state index contributed by atoms with van der Waals surface area (Å²) in [4.78, 5) is 23.7. The highest BCUT2D eigenvalue weighted by Crippen LogP contribution is 2.14. The molecule has 0 fully saturated rings. The van der Waals surface area contributed by atoms with Gasteiger partial charge in [-0.1, -0.05) is 44.2 Å². The fourth-order valence-electron chi connectivity index (χ4n) is 2.27. The van der Waals surface area contributed by atoms with Crippen LogP contribution in [-0.2, 0) is 9.59 Å². The minimum absolute atomic E-state index is 0.0151. The second-order valence-corrected chi connectivity index (χ2v) is 6.82. The van der Waals surface area contributed by atoms with Gasteiger partial charge in [0.2, 0.25) is 11.8 Å². The van der Waals surface area contributed by atoms with Crippen LogP contribution in [0.25, 0.3) is 6.08 Å². The molecule has 2 amide bonds. The molecule has 2 aromatic carbocycles. The minimum Gasteiger partial charge on any atom is -0.332 e. The van der Waals surface area contributed by atoms with Crippen molar-refractivity contribution in [2.45, 2.75) is 20.3 Å². The number of carbonyl (C=O) groups is 2. The van der Waals surface area contributed by atoms with Crippen molar-refractivity contribution in [3.05, 3.63) is 66.2 Å². The fraction of sp³-hybridized carbons (Fsp3) is 0.190. The van der Waals surface area contributed by atoms with E-state index in [1.54, 1.807) is 30.3 Å². The number of hydrogen-bond donors (Lipinski definition) is 3. The molecule has 0 aliphatic rings. The molecule has 0 atom stereocenters. The molecular formula is C21H23N3O2S.